The third kappa shape index (κ3) is 3.48. The summed E-state index contributed by atoms with van der Waals surface area (Å²) in [4.78, 5) is 27.6. The average molecular weight is 327 g/mol. The Labute approximate surface area is 142 Å². The molecule has 0 amide bonds. The third-order valence-corrected chi connectivity index (χ3v) is 3.47. The molecule has 0 bridgehead atoms. The number of pyridine rings is 1. The summed E-state index contributed by atoms with van der Waals surface area (Å²) < 4.78 is 4.76. The Bertz CT molecular complexity index is 894. The van der Waals surface area contributed by atoms with E-state index in [0.29, 0.717) is 21.9 Å². The molecule has 128 valence electrons. The number of carbonyl (C=O) groups is 1. The summed E-state index contributed by atoms with van der Waals surface area (Å²) >= 11 is 0. The summed E-state index contributed by atoms with van der Waals surface area (Å²) in [5.74, 6) is -0.460. The Balaban J connectivity index is 0.000000671. The number of aromatic amines is 1. The van der Waals surface area contributed by atoms with Crippen LogP contribution in [0.25, 0.3) is 21.8 Å². The fourth-order valence-corrected chi connectivity index (χ4v) is 2.50. The highest BCUT2D eigenvalue weighted by Gasteiger charge is 2.14. The predicted octanol–water partition coefficient (Wildman–Crippen LogP) is 4.83. The van der Waals surface area contributed by atoms with Crippen LogP contribution in [-0.4, -0.2) is 18.1 Å². The molecule has 0 saturated heterocycles. The summed E-state index contributed by atoms with van der Waals surface area (Å²) in [6.45, 7) is 9.90. The number of carbonyl (C=O) groups excluding carboxylic acids is 1. The van der Waals surface area contributed by atoms with Crippen LogP contribution in [0.4, 0.5) is 0 Å². The van der Waals surface area contributed by atoms with Gasteiger partial charge in [-0.1, -0.05) is 45.9 Å². The van der Waals surface area contributed by atoms with Crippen LogP contribution in [0.3, 0.4) is 0 Å². The quantitative estimate of drug-likeness (QED) is 0.514. The summed E-state index contributed by atoms with van der Waals surface area (Å²) in [7, 11) is 1.32. The largest absolute Gasteiger partial charge is 0.465 e. The zero-order valence-electron chi connectivity index (χ0n) is 15.2. The molecule has 4 nitrogen and oxygen atoms in total. The number of para-hydroxylation sites is 1. The summed E-state index contributed by atoms with van der Waals surface area (Å²) in [5.41, 5.74) is 2.44. The van der Waals surface area contributed by atoms with Gasteiger partial charge in [0, 0.05) is 10.8 Å². The van der Waals surface area contributed by atoms with Crippen molar-refractivity contribution >= 4 is 27.8 Å². The van der Waals surface area contributed by atoms with E-state index in [1.54, 1.807) is 18.2 Å². The molecule has 0 spiro atoms. The molecule has 0 saturated carbocycles. The topological polar surface area (TPSA) is 59.2 Å². The van der Waals surface area contributed by atoms with E-state index in [1.807, 2.05) is 52.8 Å². The number of H-pyrrole nitrogens is 1. The Kier molecular flexibility index (Phi) is 7.18. The number of aromatic nitrogens is 1. The van der Waals surface area contributed by atoms with Crippen LogP contribution in [-0.2, 0) is 4.74 Å². The monoisotopic (exact) mass is 327 g/mol. The van der Waals surface area contributed by atoms with E-state index in [2.05, 4.69) is 4.98 Å². The highest BCUT2D eigenvalue weighted by molar-refractivity contribution is 6.05. The minimum Gasteiger partial charge on any atom is -0.465 e. The highest BCUT2D eigenvalue weighted by Crippen LogP contribution is 2.20. The van der Waals surface area contributed by atoms with Gasteiger partial charge in [-0.15, -0.1) is 0 Å². The average Bonchev–Trinajstić information content (AvgIpc) is 2.64. The molecule has 24 heavy (non-hydrogen) atoms. The molecule has 4 heteroatoms. The third-order valence-electron chi connectivity index (χ3n) is 3.47. The number of rotatable bonds is 1. The van der Waals surface area contributed by atoms with Gasteiger partial charge in [-0.3, -0.25) is 4.79 Å². The molecule has 0 atom stereocenters. The molecule has 3 aromatic rings. The van der Waals surface area contributed by atoms with Crippen molar-refractivity contribution in [1.82, 2.24) is 4.98 Å². The molecule has 0 radical (unpaired) electrons. The predicted molar refractivity (Wildman–Crippen MR) is 101 cm³/mol. The van der Waals surface area contributed by atoms with Crippen LogP contribution in [0.2, 0.25) is 0 Å². The smallest absolute Gasteiger partial charge is 0.339 e. The zero-order valence-corrected chi connectivity index (χ0v) is 15.2. The van der Waals surface area contributed by atoms with Gasteiger partial charge in [-0.25, -0.2) is 4.79 Å². The van der Waals surface area contributed by atoms with E-state index < -0.39 is 5.97 Å². The maximum Gasteiger partial charge on any atom is 0.339 e. The van der Waals surface area contributed by atoms with Gasteiger partial charge in [0.1, 0.15) is 0 Å². The molecule has 0 aliphatic heterocycles. The van der Waals surface area contributed by atoms with Crippen molar-refractivity contribution in [2.45, 2.75) is 34.6 Å². The number of hydrogen-bond donors (Lipinski definition) is 1. The molecule has 1 heterocycles. The lowest BCUT2D eigenvalue weighted by Gasteiger charge is -2.08. The van der Waals surface area contributed by atoms with Crippen molar-refractivity contribution in [3.05, 3.63) is 57.7 Å². The maximum atomic E-state index is 12.6. The Hall–Kier alpha value is -2.62. The van der Waals surface area contributed by atoms with Crippen molar-refractivity contribution in [3.8, 4) is 0 Å². The molecule has 1 N–H and O–H groups in total. The standard InChI is InChI=1S/C16H13NO3.2C2H6/c1-9-5-3-8-12-13(9)15(18)10-6-4-7-11(14(10)17-12)16(19)20-2;2*1-2/h3-8H,1-2H3,(H,17,18);2*1-2H3. The Morgan fingerprint density at radius 1 is 1.00 bits per heavy atom. The van der Waals surface area contributed by atoms with Gasteiger partial charge in [0.15, 0.2) is 5.43 Å². The normalized spacial score (nSPS) is 9.58. The second kappa shape index (κ2) is 8.87. The number of methoxy groups -OCH3 is 1. The zero-order chi connectivity index (χ0) is 18.3. The van der Waals surface area contributed by atoms with Crippen molar-refractivity contribution in [2.24, 2.45) is 0 Å². The summed E-state index contributed by atoms with van der Waals surface area (Å²) in [6, 6.07) is 10.6. The van der Waals surface area contributed by atoms with Gasteiger partial charge in [0.25, 0.3) is 0 Å². The number of fused-ring (bicyclic) bond motifs is 2. The van der Waals surface area contributed by atoms with Crippen molar-refractivity contribution in [3.63, 3.8) is 0 Å². The van der Waals surface area contributed by atoms with E-state index in [9.17, 15) is 9.59 Å². The fraction of sp³-hybridized carbons (Fsp3) is 0.300. The minimum atomic E-state index is -0.460. The van der Waals surface area contributed by atoms with Gasteiger partial charge in [-0.2, -0.15) is 0 Å². The molecule has 2 aromatic carbocycles. The number of aryl methyl sites for hydroxylation is 1. The van der Waals surface area contributed by atoms with E-state index in [4.69, 9.17) is 4.74 Å². The molecular formula is C20H25NO3. The number of hydrogen-bond acceptors (Lipinski definition) is 3. The highest BCUT2D eigenvalue weighted by atomic mass is 16.5. The van der Waals surface area contributed by atoms with Crippen LogP contribution in [0.1, 0.15) is 43.6 Å². The SMILES string of the molecule is CC.CC.COC(=O)c1cccc2c(=O)c3c(C)cccc3[nH]c12. The number of ether oxygens (including phenoxy) is 1. The second-order valence-corrected chi connectivity index (χ2v) is 4.67. The number of benzene rings is 2. The molecule has 0 aliphatic carbocycles. The van der Waals surface area contributed by atoms with Crippen LogP contribution in [0.15, 0.2) is 41.2 Å². The van der Waals surface area contributed by atoms with Crippen LogP contribution < -0.4 is 5.43 Å². The van der Waals surface area contributed by atoms with E-state index >= 15 is 0 Å². The van der Waals surface area contributed by atoms with Gasteiger partial charge in [0.05, 0.1) is 23.7 Å². The lowest BCUT2D eigenvalue weighted by molar-refractivity contribution is 0.0603. The first-order chi connectivity index (χ1) is 11.6. The molecule has 0 fully saturated rings. The van der Waals surface area contributed by atoms with Crippen LogP contribution in [0, 0.1) is 6.92 Å². The summed E-state index contributed by atoms with van der Waals surface area (Å²) in [6.07, 6.45) is 0. The van der Waals surface area contributed by atoms with E-state index in [0.717, 1.165) is 11.1 Å². The summed E-state index contributed by atoms with van der Waals surface area (Å²) in [5, 5.41) is 1.15. The fourth-order valence-electron chi connectivity index (χ4n) is 2.50. The molecule has 0 aliphatic rings. The first kappa shape index (κ1) is 19.4. The van der Waals surface area contributed by atoms with Gasteiger partial charge >= 0.3 is 5.97 Å². The van der Waals surface area contributed by atoms with E-state index in [-0.39, 0.29) is 5.43 Å². The first-order valence-corrected chi connectivity index (χ1v) is 8.26. The van der Waals surface area contributed by atoms with Crippen molar-refractivity contribution < 1.29 is 9.53 Å². The van der Waals surface area contributed by atoms with Crippen LogP contribution >= 0.6 is 0 Å². The second-order valence-electron chi connectivity index (χ2n) is 4.67. The Morgan fingerprint density at radius 2 is 1.62 bits per heavy atom. The Morgan fingerprint density at radius 3 is 2.25 bits per heavy atom. The molecule has 3 rings (SSSR count). The van der Waals surface area contributed by atoms with E-state index in [1.165, 1.54) is 7.11 Å². The van der Waals surface area contributed by atoms with Gasteiger partial charge in [0.2, 0.25) is 0 Å². The number of esters is 1. The molecular weight excluding hydrogens is 302 g/mol. The van der Waals surface area contributed by atoms with Crippen LogP contribution in [0.5, 0.6) is 0 Å². The van der Waals surface area contributed by atoms with Crippen molar-refractivity contribution in [2.75, 3.05) is 7.11 Å². The maximum absolute atomic E-state index is 12.6. The lowest BCUT2D eigenvalue weighted by atomic mass is 10.0. The minimum absolute atomic E-state index is 0.0717. The molecule has 0 unspecified atom stereocenters. The lowest BCUT2D eigenvalue weighted by Crippen LogP contribution is -2.10. The van der Waals surface area contributed by atoms with Crippen molar-refractivity contribution in [1.29, 1.82) is 0 Å². The van der Waals surface area contributed by atoms with Gasteiger partial charge in [-0.05, 0) is 30.7 Å². The number of nitrogens with one attached hydrogen (secondary N) is 1. The van der Waals surface area contributed by atoms with Gasteiger partial charge < -0.3 is 9.72 Å². The first-order valence-electron chi connectivity index (χ1n) is 8.26. The molecule has 1 aromatic heterocycles.